The third kappa shape index (κ3) is 3.20. The van der Waals surface area contributed by atoms with Gasteiger partial charge in [-0.1, -0.05) is 18.5 Å². The zero-order valence-corrected chi connectivity index (χ0v) is 12.2. The first kappa shape index (κ1) is 13.7. The van der Waals surface area contributed by atoms with Gasteiger partial charge in [0.15, 0.2) is 0 Å². The van der Waals surface area contributed by atoms with Gasteiger partial charge in [0.25, 0.3) is 0 Å². The fraction of sp³-hybridized carbons (Fsp3) is 0.357. The Hall–Kier alpha value is -1.68. The van der Waals surface area contributed by atoms with E-state index >= 15 is 0 Å². The number of nitrogens with zero attached hydrogens (tertiary/aromatic N) is 2. The lowest BCUT2D eigenvalue weighted by Crippen LogP contribution is -2.02. The zero-order chi connectivity index (χ0) is 13.8. The van der Waals surface area contributed by atoms with E-state index in [4.69, 9.17) is 16.3 Å². The Labute approximate surface area is 118 Å². The maximum absolute atomic E-state index is 6.11. The maximum atomic E-state index is 6.11. The molecule has 0 spiro atoms. The number of hydrogen-bond donors (Lipinski definition) is 1. The molecule has 0 bridgehead atoms. The molecule has 102 valence electrons. The third-order valence-corrected chi connectivity index (χ3v) is 3.06. The molecule has 19 heavy (non-hydrogen) atoms. The van der Waals surface area contributed by atoms with Gasteiger partial charge in [-0.25, -0.2) is 4.98 Å². The molecule has 0 aliphatic rings. The lowest BCUT2D eigenvalue weighted by molar-refractivity contribution is 0.415. The third-order valence-electron chi connectivity index (χ3n) is 2.77. The van der Waals surface area contributed by atoms with E-state index in [0.717, 1.165) is 30.3 Å². The highest BCUT2D eigenvalue weighted by molar-refractivity contribution is 6.32. The molecule has 0 aliphatic carbocycles. The highest BCUT2D eigenvalue weighted by atomic mass is 35.5. The molecular weight excluding hydrogens is 262 g/mol. The standard InChI is InChI=1S/C14H18ClN3O/c1-4-7-18-9-10(2)16-14(18)17-11-5-6-13(19-3)12(15)8-11/h5-6,8-9H,4,7H2,1-3H3,(H,16,17). The Bertz CT molecular complexity index is 566. The lowest BCUT2D eigenvalue weighted by atomic mass is 10.3. The second kappa shape index (κ2) is 5.97. The van der Waals surface area contributed by atoms with E-state index in [1.807, 2.05) is 31.3 Å². The van der Waals surface area contributed by atoms with E-state index in [-0.39, 0.29) is 0 Å². The van der Waals surface area contributed by atoms with Crippen LogP contribution >= 0.6 is 11.6 Å². The monoisotopic (exact) mass is 279 g/mol. The first-order chi connectivity index (χ1) is 9.13. The fourth-order valence-electron chi connectivity index (χ4n) is 1.93. The van der Waals surface area contributed by atoms with Gasteiger partial charge in [0.05, 0.1) is 17.8 Å². The van der Waals surface area contributed by atoms with Crippen LogP contribution in [0.25, 0.3) is 0 Å². The van der Waals surface area contributed by atoms with E-state index in [9.17, 15) is 0 Å². The topological polar surface area (TPSA) is 39.1 Å². The number of aryl methyl sites for hydroxylation is 2. The first-order valence-electron chi connectivity index (χ1n) is 6.28. The van der Waals surface area contributed by atoms with Crippen LogP contribution in [0.3, 0.4) is 0 Å². The summed E-state index contributed by atoms with van der Waals surface area (Å²) in [6.45, 7) is 5.06. The normalized spacial score (nSPS) is 10.5. The van der Waals surface area contributed by atoms with Crippen molar-refractivity contribution < 1.29 is 4.74 Å². The Morgan fingerprint density at radius 2 is 2.21 bits per heavy atom. The lowest BCUT2D eigenvalue weighted by Gasteiger charge is -2.10. The predicted octanol–water partition coefficient (Wildman–Crippen LogP) is 4.01. The molecule has 4 nitrogen and oxygen atoms in total. The van der Waals surface area contributed by atoms with Crippen LogP contribution in [0.5, 0.6) is 5.75 Å². The molecule has 0 saturated carbocycles. The minimum absolute atomic E-state index is 0.581. The number of imidazole rings is 1. The van der Waals surface area contributed by atoms with Crippen LogP contribution in [0.15, 0.2) is 24.4 Å². The highest BCUT2D eigenvalue weighted by Gasteiger charge is 2.07. The summed E-state index contributed by atoms with van der Waals surface area (Å²) in [6.07, 6.45) is 3.10. The van der Waals surface area contributed by atoms with Crippen molar-refractivity contribution in [3.05, 3.63) is 35.1 Å². The van der Waals surface area contributed by atoms with Crippen LogP contribution in [0, 0.1) is 6.92 Å². The predicted molar refractivity (Wildman–Crippen MR) is 78.5 cm³/mol. The number of ether oxygens (including phenoxy) is 1. The molecule has 0 saturated heterocycles. The molecule has 1 aromatic heterocycles. The van der Waals surface area contributed by atoms with Crippen molar-refractivity contribution in [1.82, 2.24) is 9.55 Å². The molecule has 2 rings (SSSR count). The van der Waals surface area contributed by atoms with Crippen LogP contribution in [-0.2, 0) is 6.54 Å². The van der Waals surface area contributed by atoms with Crippen LogP contribution in [0.1, 0.15) is 19.0 Å². The quantitative estimate of drug-likeness (QED) is 0.899. The minimum atomic E-state index is 0.581. The Kier molecular flexibility index (Phi) is 4.32. The number of rotatable bonds is 5. The maximum Gasteiger partial charge on any atom is 0.207 e. The van der Waals surface area contributed by atoms with Gasteiger partial charge < -0.3 is 14.6 Å². The molecular formula is C14H18ClN3O. The van der Waals surface area contributed by atoms with Crippen LogP contribution in [0.2, 0.25) is 5.02 Å². The number of aromatic nitrogens is 2. The van der Waals surface area contributed by atoms with Gasteiger partial charge in [-0.3, -0.25) is 0 Å². The van der Waals surface area contributed by atoms with E-state index in [2.05, 4.69) is 21.8 Å². The smallest absolute Gasteiger partial charge is 0.207 e. The molecule has 1 aromatic carbocycles. The van der Waals surface area contributed by atoms with Gasteiger partial charge in [-0.05, 0) is 31.5 Å². The summed E-state index contributed by atoms with van der Waals surface area (Å²) in [5.74, 6) is 1.50. The fourth-order valence-corrected chi connectivity index (χ4v) is 2.19. The molecule has 5 heteroatoms. The average molecular weight is 280 g/mol. The molecule has 0 atom stereocenters. The summed E-state index contributed by atoms with van der Waals surface area (Å²) in [5.41, 5.74) is 1.89. The van der Waals surface area contributed by atoms with Gasteiger partial charge in [-0.2, -0.15) is 0 Å². The number of halogens is 1. The van der Waals surface area contributed by atoms with Crippen LogP contribution in [-0.4, -0.2) is 16.7 Å². The molecule has 0 radical (unpaired) electrons. The minimum Gasteiger partial charge on any atom is -0.495 e. The average Bonchev–Trinajstić information content (AvgIpc) is 2.70. The van der Waals surface area contributed by atoms with Crippen LogP contribution in [0.4, 0.5) is 11.6 Å². The summed E-state index contributed by atoms with van der Waals surface area (Å²) in [5, 5.41) is 3.86. The largest absolute Gasteiger partial charge is 0.495 e. The number of methoxy groups -OCH3 is 1. The SMILES string of the molecule is CCCn1cc(C)nc1Nc1ccc(OC)c(Cl)c1. The second-order valence-corrected chi connectivity index (χ2v) is 4.78. The Balaban J connectivity index is 2.23. The Morgan fingerprint density at radius 1 is 1.42 bits per heavy atom. The molecule has 0 fully saturated rings. The van der Waals surface area contributed by atoms with Crippen molar-refractivity contribution in [3.63, 3.8) is 0 Å². The van der Waals surface area contributed by atoms with Gasteiger partial charge >= 0.3 is 0 Å². The summed E-state index contributed by atoms with van der Waals surface area (Å²) in [6, 6.07) is 5.59. The van der Waals surface area contributed by atoms with Crippen molar-refractivity contribution in [1.29, 1.82) is 0 Å². The molecule has 0 unspecified atom stereocenters. The Morgan fingerprint density at radius 3 is 2.84 bits per heavy atom. The second-order valence-electron chi connectivity index (χ2n) is 4.37. The first-order valence-corrected chi connectivity index (χ1v) is 6.66. The van der Waals surface area contributed by atoms with Crippen molar-refractivity contribution in [2.45, 2.75) is 26.8 Å². The van der Waals surface area contributed by atoms with E-state index in [1.165, 1.54) is 0 Å². The summed E-state index contributed by atoms with van der Waals surface area (Å²) in [7, 11) is 1.60. The van der Waals surface area contributed by atoms with Crippen molar-refractivity contribution >= 4 is 23.2 Å². The summed E-state index contributed by atoms with van der Waals surface area (Å²) >= 11 is 6.11. The van der Waals surface area contributed by atoms with E-state index in [1.54, 1.807) is 7.11 Å². The summed E-state index contributed by atoms with van der Waals surface area (Å²) < 4.78 is 7.24. The van der Waals surface area contributed by atoms with E-state index in [0.29, 0.717) is 10.8 Å². The molecule has 1 N–H and O–H groups in total. The van der Waals surface area contributed by atoms with Gasteiger partial charge in [0.1, 0.15) is 5.75 Å². The molecule has 1 heterocycles. The van der Waals surface area contributed by atoms with Crippen LogP contribution < -0.4 is 10.1 Å². The number of anilines is 2. The van der Waals surface area contributed by atoms with Gasteiger partial charge in [-0.15, -0.1) is 0 Å². The number of nitrogens with one attached hydrogen (secondary N) is 1. The van der Waals surface area contributed by atoms with Gasteiger partial charge in [0, 0.05) is 18.4 Å². The van der Waals surface area contributed by atoms with Gasteiger partial charge in [0.2, 0.25) is 5.95 Å². The molecule has 2 aromatic rings. The van der Waals surface area contributed by atoms with Crippen molar-refractivity contribution in [2.24, 2.45) is 0 Å². The number of hydrogen-bond acceptors (Lipinski definition) is 3. The highest BCUT2D eigenvalue weighted by Crippen LogP contribution is 2.28. The van der Waals surface area contributed by atoms with E-state index < -0.39 is 0 Å². The van der Waals surface area contributed by atoms with Crippen molar-refractivity contribution in [2.75, 3.05) is 12.4 Å². The van der Waals surface area contributed by atoms with Crippen molar-refractivity contribution in [3.8, 4) is 5.75 Å². The number of benzene rings is 1. The molecule has 0 aliphatic heterocycles. The zero-order valence-electron chi connectivity index (χ0n) is 11.4. The summed E-state index contributed by atoms with van der Waals surface area (Å²) in [4.78, 5) is 4.47. The molecule has 0 amide bonds.